The maximum Gasteiger partial charge on any atom is 0.262 e. The van der Waals surface area contributed by atoms with Crippen LogP contribution in [0.4, 0.5) is 0 Å². The lowest BCUT2D eigenvalue weighted by Crippen LogP contribution is -2.54. The number of amides is 5. The Kier molecular flexibility index (Phi) is 5.38. The molecule has 1 atom stereocenters. The lowest BCUT2D eigenvalue weighted by molar-refractivity contribution is -0.136. The van der Waals surface area contributed by atoms with Crippen LogP contribution in [-0.4, -0.2) is 47.0 Å². The Bertz CT molecular complexity index is 1140. The van der Waals surface area contributed by atoms with E-state index in [-0.39, 0.29) is 40.9 Å². The maximum absolute atomic E-state index is 12.9. The molecule has 164 valence electrons. The van der Waals surface area contributed by atoms with Gasteiger partial charge in [-0.25, -0.2) is 0 Å². The van der Waals surface area contributed by atoms with Crippen LogP contribution in [0.2, 0.25) is 0 Å². The molecule has 8 heteroatoms. The van der Waals surface area contributed by atoms with E-state index in [0.29, 0.717) is 6.54 Å². The molecule has 1 unspecified atom stereocenters. The van der Waals surface area contributed by atoms with Crippen molar-refractivity contribution in [1.82, 2.24) is 15.5 Å². The monoisotopic (exact) mass is 433 g/mol. The third-order valence-corrected chi connectivity index (χ3v) is 5.95. The second kappa shape index (κ2) is 8.03. The summed E-state index contributed by atoms with van der Waals surface area (Å²) in [6, 6.07) is 13.1. The molecule has 2 heterocycles. The highest BCUT2D eigenvalue weighted by Gasteiger charge is 2.44. The Hall–Kier alpha value is -3.81. The van der Waals surface area contributed by atoms with Crippen molar-refractivity contribution < 1.29 is 24.0 Å². The zero-order valence-corrected chi connectivity index (χ0v) is 17.8. The number of imide groups is 2. The largest absolute Gasteiger partial charge is 0.351 e. The minimum Gasteiger partial charge on any atom is -0.351 e. The van der Waals surface area contributed by atoms with Crippen molar-refractivity contribution >= 4 is 29.5 Å². The third kappa shape index (κ3) is 3.79. The molecule has 0 spiro atoms. The molecule has 2 aromatic rings. The summed E-state index contributed by atoms with van der Waals surface area (Å²) in [6.07, 6.45) is 0.132. The van der Waals surface area contributed by atoms with Gasteiger partial charge in [-0.05, 0) is 30.2 Å². The summed E-state index contributed by atoms with van der Waals surface area (Å²) in [7, 11) is 0. The molecule has 1 saturated heterocycles. The summed E-state index contributed by atoms with van der Waals surface area (Å²) in [4.78, 5) is 62.9. The molecule has 0 radical (unpaired) electrons. The quantitative estimate of drug-likeness (QED) is 0.698. The molecule has 0 aromatic heterocycles. The molecule has 2 aliphatic heterocycles. The van der Waals surface area contributed by atoms with Crippen LogP contribution >= 0.6 is 0 Å². The van der Waals surface area contributed by atoms with Crippen LogP contribution in [-0.2, 0) is 15.0 Å². The Morgan fingerprint density at radius 1 is 1.03 bits per heavy atom. The molecule has 0 aliphatic carbocycles. The Balaban J connectivity index is 1.50. The Morgan fingerprint density at radius 2 is 1.72 bits per heavy atom. The van der Waals surface area contributed by atoms with Crippen molar-refractivity contribution in [2.24, 2.45) is 0 Å². The van der Waals surface area contributed by atoms with Gasteiger partial charge < -0.3 is 5.32 Å². The first-order valence-corrected chi connectivity index (χ1v) is 10.4. The number of carbonyl (C=O) groups excluding carboxylic acids is 5. The molecule has 2 N–H and O–H groups in total. The molecule has 8 nitrogen and oxygen atoms in total. The van der Waals surface area contributed by atoms with Gasteiger partial charge >= 0.3 is 0 Å². The molecular weight excluding hydrogens is 410 g/mol. The maximum atomic E-state index is 12.9. The summed E-state index contributed by atoms with van der Waals surface area (Å²) in [6.45, 7) is 4.42. The van der Waals surface area contributed by atoms with E-state index >= 15 is 0 Å². The third-order valence-electron chi connectivity index (χ3n) is 5.95. The molecule has 4 rings (SSSR count). The van der Waals surface area contributed by atoms with Crippen LogP contribution in [0, 0.1) is 0 Å². The minimum atomic E-state index is -1.04. The van der Waals surface area contributed by atoms with Crippen LogP contribution in [0.25, 0.3) is 0 Å². The second-order valence-electron chi connectivity index (χ2n) is 8.64. The fourth-order valence-corrected chi connectivity index (χ4v) is 4.01. The van der Waals surface area contributed by atoms with Gasteiger partial charge in [-0.15, -0.1) is 0 Å². The highest BCUT2D eigenvalue weighted by Crippen LogP contribution is 2.28. The summed E-state index contributed by atoms with van der Waals surface area (Å²) < 4.78 is 0. The van der Waals surface area contributed by atoms with E-state index in [1.54, 1.807) is 0 Å². The average molecular weight is 433 g/mol. The normalized spacial score (nSPS) is 18.4. The number of piperidine rings is 1. The lowest BCUT2D eigenvalue weighted by atomic mass is 9.84. The van der Waals surface area contributed by atoms with Gasteiger partial charge in [0.1, 0.15) is 6.04 Å². The fourth-order valence-electron chi connectivity index (χ4n) is 4.01. The van der Waals surface area contributed by atoms with Gasteiger partial charge in [0.2, 0.25) is 11.8 Å². The zero-order valence-electron chi connectivity index (χ0n) is 17.8. The number of nitrogens with one attached hydrogen (secondary N) is 2. The number of fused-ring (bicyclic) bond motifs is 1. The predicted octanol–water partition coefficient (Wildman–Crippen LogP) is 1.80. The highest BCUT2D eigenvalue weighted by atomic mass is 16.2. The summed E-state index contributed by atoms with van der Waals surface area (Å²) in [5, 5.41) is 5.05. The lowest BCUT2D eigenvalue weighted by Gasteiger charge is -2.27. The highest BCUT2D eigenvalue weighted by molar-refractivity contribution is 6.24. The van der Waals surface area contributed by atoms with Gasteiger partial charge in [0.05, 0.1) is 11.1 Å². The van der Waals surface area contributed by atoms with Crippen LogP contribution < -0.4 is 10.6 Å². The van der Waals surface area contributed by atoms with E-state index < -0.39 is 29.7 Å². The number of benzene rings is 2. The predicted molar refractivity (Wildman–Crippen MR) is 115 cm³/mol. The first-order chi connectivity index (χ1) is 15.2. The molecular formula is C24H23N3O5. The summed E-state index contributed by atoms with van der Waals surface area (Å²) >= 11 is 0. The van der Waals surface area contributed by atoms with Crippen LogP contribution in [0.3, 0.4) is 0 Å². The van der Waals surface area contributed by atoms with E-state index in [4.69, 9.17) is 0 Å². The van der Waals surface area contributed by atoms with Gasteiger partial charge in [0.25, 0.3) is 17.7 Å². The Labute approximate surface area is 185 Å². The van der Waals surface area contributed by atoms with E-state index in [1.165, 1.54) is 18.2 Å². The second-order valence-corrected chi connectivity index (χ2v) is 8.64. The molecule has 5 amide bonds. The number of carbonyl (C=O) groups is 5. The molecule has 0 saturated carbocycles. The van der Waals surface area contributed by atoms with Crippen LogP contribution in [0.15, 0.2) is 48.5 Å². The van der Waals surface area contributed by atoms with Crippen molar-refractivity contribution in [3.05, 3.63) is 70.8 Å². The average Bonchev–Trinajstić information content (AvgIpc) is 3.02. The van der Waals surface area contributed by atoms with E-state index in [9.17, 15) is 24.0 Å². The van der Waals surface area contributed by atoms with Gasteiger partial charge in [-0.2, -0.15) is 0 Å². The number of hydrogen-bond donors (Lipinski definition) is 2. The van der Waals surface area contributed by atoms with Crippen molar-refractivity contribution in [1.29, 1.82) is 0 Å². The topological polar surface area (TPSA) is 113 Å². The number of rotatable bonds is 5. The summed E-state index contributed by atoms with van der Waals surface area (Å²) in [5.41, 5.74) is 1.24. The number of nitrogens with zero attached hydrogens (tertiary/aromatic N) is 1. The van der Waals surface area contributed by atoms with Gasteiger partial charge in [0, 0.05) is 23.9 Å². The zero-order chi connectivity index (χ0) is 23.0. The van der Waals surface area contributed by atoms with Crippen molar-refractivity contribution in [3.63, 3.8) is 0 Å². The Morgan fingerprint density at radius 3 is 2.41 bits per heavy atom. The van der Waals surface area contributed by atoms with E-state index in [2.05, 4.69) is 10.6 Å². The molecule has 2 aliphatic rings. The van der Waals surface area contributed by atoms with Crippen LogP contribution in [0.5, 0.6) is 0 Å². The van der Waals surface area contributed by atoms with E-state index in [0.717, 1.165) is 10.5 Å². The summed E-state index contributed by atoms with van der Waals surface area (Å²) in [5.74, 6) is -2.70. The van der Waals surface area contributed by atoms with Crippen LogP contribution in [0.1, 0.15) is 63.3 Å². The SMILES string of the molecule is CC(C)(CNC(=O)c1ccc2c(c1)C(=O)N(C1CCC(=O)NC1=O)C2=O)c1ccccc1. The first-order valence-electron chi connectivity index (χ1n) is 10.4. The smallest absolute Gasteiger partial charge is 0.262 e. The first kappa shape index (κ1) is 21.4. The van der Waals surface area contributed by atoms with Gasteiger partial charge in [-0.3, -0.25) is 34.2 Å². The standard InChI is InChI=1S/C24H23N3O5/c1-24(2,15-6-4-3-5-7-15)13-25-20(29)14-8-9-16-17(12-14)23(32)27(22(16)31)18-10-11-19(28)26-21(18)30/h3-9,12,18H,10-11,13H2,1-2H3,(H,25,29)(H,26,28,30). The molecule has 1 fully saturated rings. The number of hydrogen-bond acceptors (Lipinski definition) is 5. The van der Waals surface area contributed by atoms with Gasteiger partial charge in [-0.1, -0.05) is 44.2 Å². The molecule has 32 heavy (non-hydrogen) atoms. The fraction of sp³-hybridized carbons (Fsp3) is 0.292. The van der Waals surface area contributed by atoms with Crippen molar-refractivity contribution in [2.75, 3.05) is 6.54 Å². The van der Waals surface area contributed by atoms with Crippen molar-refractivity contribution in [2.45, 2.75) is 38.1 Å². The minimum absolute atomic E-state index is 0.0503. The van der Waals surface area contributed by atoms with Gasteiger partial charge in [0.15, 0.2) is 0 Å². The van der Waals surface area contributed by atoms with E-state index in [1.807, 2.05) is 44.2 Å². The van der Waals surface area contributed by atoms with Crippen molar-refractivity contribution in [3.8, 4) is 0 Å². The molecule has 0 bridgehead atoms. The molecule has 2 aromatic carbocycles.